The zero-order valence-electron chi connectivity index (χ0n) is 11.2. The number of fused-ring (bicyclic) bond motifs is 1. The summed E-state index contributed by atoms with van der Waals surface area (Å²) in [6, 6.07) is 5.95. The highest BCUT2D eigenvalue weighted by Crippen LogP contribution is 2.52. The zero-order chi connectivity index (χ0) is 13.6. The van der Waals surface area contributed by atoms with E-state index in [1.807, 2.05) is 18.2 Å². The Balaban J connectivity index is 1.81. The largest absolute Gasteiger partial charge is 0.380 e. The zero-order valence-corrected chi connectivity index (χ0v) is 12.8. The minimum Gasteiger partial charge on any atom is -0.380 e. The first-order valence-electron chi connectivity index (χ1n) is 6.83. The van der Waals surface area contributed by atoms with Gasteiger partial charge in [0.15, 0.2) is 0 Å². The molecule has 2 nitrogen and oxygen atoms in total. The minimum atomic E-state index is 0.136. The summed E-state index contributed by atoms with van der Waals surface area (Å²) in [6.07, 6.45) is 2.75. The summed E-state index contributed by atoms with van der Waals surface area (Å²) in [6.45, 7) is 5.42. The van der Waals surface area contributed by atoms with Crippen molar-refractivity contribution in [3.8, 4) is 0 Å². The molecule has 0 spiro atoms. The SMILES string of the molecule is CC1(C)C(Nc2cc(Cl)ccc2Cl)C2CCCOC21. The molecule has 1 heterocycles. The molecule has 2 fully saturated rings. The normalized spacial score (nSPS) is 32.3. The summed E-state index contributed by atoms with van der Waals surface area (Å²) in [5.41, 5.74) is 1.06. The lowest BCUT2D eigenvalue weighted by molar-refractivity contribution is -0.177. The van der Waals surface area contributed by atoms with Crippen LogP contribution in [0.25, 0.3) is 0 Å². The van der Waals surface area contributed by atoms with Crippen LogP contribution < -0.4 is 5.32 Å². The second kappa shape index (κ2) is 4.83. The molecule has 3 rings (SSSR count). The van der Waals surface area contributed by atoms with Crippen LogP contribution in [0.2, 0.25) is 10.0 Å². The van der Waals surface area contributed by atoms with Crippen LogP contribution in [-0.2, 0) is 4.74 Å². The van der Waals surface area contributed by atoms with Crippen molar-refractivity contribution in [1.29, 1.82) is 0 Å². The first-order chi connectivity index (χ1) is 9.00. The molecule has 1 saturated heterocycles. The Morgan fingerprint density at radius 1 is 1.32 bits per heavy atom. The predicted octanol–water partition coefficient (Wildman–Crippen LogP) is 4.61. The molecule has 104 valence electrons. The summed E-state index contributed by atoms with van der Waals surface area (Å²) in [5, 5.41) is 5.01. The van der Waals surface area contributed by atoms with Gasteiger partial charge in [-0.15, -0.1) is 0 Å². The molecule has 1 N–H and O–H groups in total. The van der Waals surface area contributed by atoms with Gasteiger partial charge >= 0.3 is 0 Å². The van der Waals surface area contributed by atoms with E-state index in [1.54, 1.807) is 0 Å². The molecule has 19 heavy (non-hydrogen) atoms. The average molecular weight is 300 g/mol. The standard InChI is InChI=1S/C15H19Cl2NO/c1-15(2)13(10-4-3-7-19-14(10)15)18-12-8-9(16)5-6-11(12)17/h5-6,8,10,13-14,18H,3-4,7H2,1-2H3. The molecule has 4 heteroatoms. The second-order valence-electron chi connectivity index (χ2n) is 6.17. The maximum absolute atomic E-state index is 6.24. The van der Waals surface area contributed by atoms with Crippen LogP contribution in [0.15, 0.2) is 18.2 Å². The molecular weight excluding hydrogens is 281 g/mol. The molecule has 3 unspecified atom stereocenters. The summed E-state index contributed by atoms with van der Waals surface area (Å²) in [7, 11) is 0. The van der Waals surface area contributed by atoms with Gasteiger partial charge in [0.25, 0.3) is 0 Å². The van der Waals surface area contributed by atoms with E-state index in [9.17, 15) is 0 Å². The van der Waals surface area contributed by atoms with Crippen LogP contribution >= 0.6 is 23.2 Å². The molecule has 1 aliphatic carbocycles. The summed E-state index contributed by atoms with van der Waals surface area (Å²) >= 11 is 12.3. The maximum Gasteiger partial charge on any atom is 0.0693 e. The molecule has 0 amide bonds. The number of hydrogen-bond donors (Lipinski definition) is 1. The van der Waals surface area contributed by atoms with Crippen LogP contribution in [0.4, 0.5) is 5.69 Å². The summed E-state index contributed by atoms with van der Waals surface area (Å²) < 4.78 is 5.92. The van der Waals surface area contributed by atoms with Crippen molar-refractivity contribution in [1.82, 2.24) is 0 Å². The van der Waals surface area contributed by atoms with Gasteiger partial charge in [0.05, 0.1) is 16.8 Å². The highest BCUT2D eigenvalue weighted by molar-refractivity contribution is 6.35. The fourth-order valence-corrected chi connectivity index (χ4v) is 3.94. The Bertz CT molecular complexity index is 489. The number of rotatable bonds is 2. The van der Waals surface area contributed by atoms with Gasteiger partial charge in [-0.25, -0.2) is 0 Å². The number of ether oxygens (including phenoxy) is 1. The predicted molar refractivity (Wildman–Crippen MR) is 80.1 cm³/mol. The van der Waals surface area contributed by atoms with Crippen molar-refractivity contribution in [3.63, 3.8) is 0 Å². The highest BCUT2D eigenvalue weighted by Gasteiger charge is 2.57. The molecule has 1 aromatic rings. The van der Waals surface area contributed by atoms with Gasteiger partial charge in [0, 0.05) is 29.0 Å². The first kappa shape index (κ1) is 13.5. The van der Waals surface area contributed by atoms with E-state index in [4.69, 9.17) is 27.9 Å². The third-order valence-electron chi connectivity index (χ3n) is 4.57. The van der Waals surface area contributed by atoms with E-state index >= 15 is 0 Å². The van der Waals surface area contributed by atoms with Crippen LogP contribution in [-0.4, -0.2) is 18.8 Å². The van der Waals surface area contributed by atoms with Crippen molar-refractivity contribution in [3.05, 3.63) is 28.2 Å². The number of halogens is 2. The van der Waals surface area contributed by atoms with Gasteiger partial charge in [-0.1, -0.05) is 37.0 Å². The van der Waals surface area contributed by atoms with Crippen LogP contribution in [0.5, 0.6) is 0 Å². The number of anilines is 1. The van der Waals surface area contributed by atoms with E-state index in [-0.39, 0.29) is 5.41 Å². The fraction of sp³-hybridized carbons (Fsp3) is 0.600. The molecule has 0 aromatic heterocycles. The average Bonchev–Trinajstić information content (AvgIpc) is 2.39. The highest BCUT2D eigenvalue weighted by atomic mass is 35.5. The summed E-state index contributed by atoms with van der Waals surface area (Å²) in [5.74, 6) is 0.582. The van der Waals surface area contributed by atoms with Gasteiger partial charge < -0.3 is 10.1 Å². The number of nitrogens with one attached hydrogen (secondary N) is 1. The molecule has 1 aliphatic heterocycles. The monoisotopic (exact) mass is 299 g/mol. The Labute approximate surface area is 124 Å². The quantitative estimate of drug-likeness (QED) is 0.861. The molecule has 0 radical (unpaired) electrons. The second-order valence-corrected chi connectivity index (χ2v) is 7.01. The van der Waals surface area contributed by atoms with E-state index in [1.165, 1.54) is 6.42 Å². The minimum absolute atomic E-state index is 0.136. The lowest BCUT2D eigenvalue weighted by atomic mass is 9.55. The van der Waals surface area contributed by atoms with Crippen molar-refractivity contribution >= 4 is 28.9 Å². The Morgan fingerprint density at radius 3 is 2.89 bits per heavy atom. The van der Waals surface area contributed by atoms with Crippen molar-refractivity contribution in [2.75, 3.05) is 11.9 Å². The van der Waals surface area contributed by atoms with E-state index < -0.39 is 0 Å². The van der Waals surface area contributed by atoms with E-state index in [0.29, 0.717) is 23.1 Å². The van der Waals surface area contributed by atoms with E-state index in [0.717, 1.165) is 23.7 Å². The first-order valence-corrected chi connectivity index (χ1v) is 7.59. The third kappa shape index (κ3) is 2.24. The van der Waals surface area contributed by atoms with Crippen LogP contribution in [0.3, 0.4) is 0 Å². The topological polar surface area (TPSA) is 21.3 Å². The lowest BCUT2D eigenvalue weighted by Gasteiger charge is -2.60. The van der Waals surface area contributed by atoms with Crippen molar-refractivity contribution < 1.29 is 4.74 Å². The Hall–Kier alpha value is -0.440. The Morgan fingerprint density at radius 2 is 2.11 bits per heavy atom. The van der Waals surface area contributed by atoms with Crippen LogP contribution in [0.1, 0.15) is 26.7 Å². The van der Waals surface area contributed by atoms with Crippen molar-refractivity contribution in [2.24, 2.45) is 11.3 Å². The van der Waals surface area contributed by atoms with Crippen molar-refractivity contribution in [2.45, 2.75) is 38.8 Å². The summed E-state index contributed by atoms with van der Waals surface area (Å²) in [4.78, 5) is 0. The molecule has 2 aliphatic rings. The molecular formula is C15H19Cl2NO. The smallest absolute Gasteiger partial charge is 0.0693 e. The van der Waals surface area contributed by atoms with Gasteiger partial charge in [0.2, 0.25) is 0 Å². The van der Waals surface area contributed by atoms with Gasteiger partial charge in [-0.3, -0.25) is 0 Å². The fourth-order valence-electron chi connectivity index (χ4n) is 3.59. The third-order valence-corrected chi connectivity index (χ3v) is 5.14. The van der Waals surface area contributed by atoms with Gasteiger partial charge in [0.1, 0.15) is 0 Å². The number of hydrogen-bond acceptors (Lipinski definition) is 2. The molecule has 3 atom stereocenters. The Kier molecular flexibility index (Phi) is 3.45. The van der Waals surface area contributed by atoms with Gasteiger partial charge in [-0.05, 0) is 31.0 Å². The molecule has 0 bridgehead atoms. The molecule has 1 saturated carbocycles. The van der Waals surface area contributed by atoms with Crippen LogP contribution in [0, 0.1) is 11.3 Å². The lowest BCUT2D eigenvalue weighted by Crippen LogP contribution is -2.67. The van der Waals surface area contributed by atoms with E-state index in [2.05, 4.69) is 19.2 Å². The number of benzene rings is 1. The molecule has 1 aromatic carbocycles. The van der Waals surface area contributed by atoms with Gasteiger partial charge in [-0.2, -0.15) is 0 Å². The maximum atomic E-state index is 6.24.